The summed E-state index contributed by atoms with van der Waals surface area (Å²) in [5.41, 5.74) is 2.28. The van der Waals surface area contributed by atoms with E-state index in [9.17, 15) is 5.11 Å². The molecule has 1 N–H and O–H groups in total. The maximum absolute atomic E-state index is 9.60. The van der Waals surface area contributed by atoms with Crippen molar-refractivity contribution in [2.75, 3.05) is 26.3 Å². The molecule has 1 aliphatic heterocycles. The van der Waals surface area contributed by atoms with Crippen LogP contribution in [0.15, 0.2) is 29.6 Å². The first-order valence-corrected chi connectivity index (χ1v) is 9.51. The maximum Gasteiger partial charge on any atom is 0.123 e. The second-order valence-electron chi connectivity index (χ2n) is 6.88. The van der Waals surface area contributed by atoms with Crippen molar-refractivity contribution < 1.29 is 9.84 Å². The van der Waals surface area contributed by atoms with Crippen molar-refractivity contribution >= 4 is 11.3 Å². The summed E-state index contributed by atoms with van der Waals surface area (Å²) in [4.78, 5) is 7.21. The van der Waals surface area contributed by atoms with E-state index in [1.807, 2.05) is 19.1 Å². The predicted molar refractivity (Wildman–Crippen MR) is 98.4 cm³/mol. The summed E-state index contributed by atoms with van der Waals surface area (Å²) in [5.74, 6) is 0.898. The molecule has 1 fully saturated rings. The number of aliphatic hydroxyl groups excluding tert-OH is 1. The lowest BCUT2D eigenvalue weighted by Crippen LogP contribution is -2.43. The molecule has 5 heteroatoms. The minimum atomic E-state index is 0.0339. The number of aromatic nitrogens is 1. The zero-order valence-electron chi connectivity index (χ0n) is 14.5. The standard InChI is InChI=1S/C19H26N2O2S/c1-3-23-17-7-5-15(6-8-17)18-20-16(12-24-18)11-21-10-4-9-19(2,13-21)14-22/h5-8,12,22H,3-4,9-11,13-14H2,1-2H3. The van der Waals surface area contributed by atoms with Crippen LogP contribution in [-0.4, -0.2) is 41.3 Å². The Balaban J connectivity index is 1.65. The number of benzene rings is 1. The van der Waals surface area contributed by atoms with Crippen LogP contribution in [0.4, 0.5) is 0 Å². The number of likely N-dealkylation sites (tertiary alicyclic amines) is 1. The van der Waals surface area contributed by atoms with E-state index in [-0.39, 0.29) is 12.0 Å². The van der Waals surface area contributed by atoms with Crippen molar-refractivity contribution in [2.45, 2.75) is 33.2 Å². The normalized spacial score (nSPS) is 21.8. The van der Waals surface area contributed by atoms with Crippen molar-refractivity contribution in [2.24, 2.45) is 5.41 Å². The van der Waals surface area contributed by atoms with Crippen molar-refractivity contribution in [1.82, 2.24) is 9.88 Å². The first-order valence-electron chi connectivity index (χ1n) is 8.63. The molecule has 1 atom stereocenters. The molecule has 1 unspecified atom stereocenters. The third-order valence-corrected chi connectivity index (χ3v) is 5.53. The highest BCUT2D eigenvalue weighted by Gasteiger charge is 2.30. The van der Waals surface area contributed by atoms with Gasteiger partial charge in [-0.25, -0.2) is 4.98 Å². The van der Waals surface area contributed by atoms with Crippen molar-refractivity contribution in [3.8, 4) is 16.3 Å². The second kappa shape index (κ2) is 7.64. The van der Waals surface area contributed by atoms with Crippen molar-refractivity contribution in [3.05, 3.63) is 35.3 Å². The van der Waals surface area contributed by atoms with E-state index in [1.165, 1.54) is 0 Å². The molecule has 24 heavy (non-hydrogen) atoms. The van der Waals surface area contributed by atoms with E-state index >= 15 is 0 Å². The number of piperidine rings is 1. The summed E-state index contributed by atoms with van der Waals surface area (Å²) >= 11 is 1.69. The minimum Gasteiger partial charge on any atom is -0.494 e. The molecule has 0 radical (unpaired) electrons. The van der Waals surface area contributed by atoms with Crippen LogP contribution in [0.3, 0.4) is 0 Å². The molecular weight excluding hydrogens is 320 g/mol. The van der Waals surface area contributed by atoms with Gasteiger partial charge < -0.3 is 9.84 Å². The Labute approximate surface area is 148 Å². The third-order valence-electron chi connectivity index (χ3n) is 4.59. The van der Waals surface area contributed by atoms with Crippen LogP contribution < -0.4 is 4.74 Å². The Hall–Kier alpha value is -1.43. The first kappa shape index (κ1) is 17.4. The van der Waals surface area contributed by atoms with Gasteiger partial charge in [-0.3, -0.25) is 4.90 Å². The van der Waals surface area contributed by atoms with Gasteiger partial charge in [0.2, 0.25) is 0 Å². The van der Waals surface area contributed by atoms with Crippen molar-refractivity contribution in [3.63, 3.8) is 0 Å². The highest BCUT2D eigenvalue weighted by atomic mass is 32.1. The molecule has 130 valence electrons. The third kappa shape index (κ3) is 4.15. The van der Waals surface area contributed by atoms with Gasteiger partial charge in [-0.2, -0.15) is 0 Å². The number of thiazole rings is 1. The summed E-state index contributed by atoms with van der Waals surface area (Å²) in [6.45, 7) is 8.00. The number of ether oxygens (including phenoxy) is 1. The van der Waals surface area contributed by atoms with E-state index in [2.05, 4.69) is 29.3 Å². The van der Waals surface area contributed by atoms with Crippen LogP contribution >= 0.6 is 11.3 Å². The van der Waals surface area contributed by atoms with Gasteiger partial charge in [0.15, 0.2) is 0 Å². The fraction of sp³-hybridized carbons (Fsp3) is 0.526. The lowest BCUT2D eigenvalue weighted by atomic mass is 9.83. The first-order chi connectivity index (χ1) is 11.6. The average molecular weight is 346 g/mol. The topological polar surface area (TPSA) is 45.6 Å². The number of aliphatic hydroxyl groups is 1. The summed E-state index contributed by atoms with van der Waals surface area (Å²) in [6, 6.07) is 8.13. The van der Waals surface area contributed by atoms with Crippen LogP contribution in [0, 0.1) is 5.41 Å². The highest BCUT2D eigenvalue weighted by Crippen LogP contribution is 2.31. The van der Waals surface area contributed by atoms with Gasteiger partial charge in [-0.05, 0) is 50.6 Å². The average Bonchev–Trinajstić information content (AvgIpc) is 3.04. The van der Waals surface area contributed by atoms with E-state index in [1.54, 1.807) is 11.3 Å². The molecule has 0 aliphatic carbocycles. The maximum atomic E-state index is 9.60. The Kier molecular flexibility index (Phi) is 5.54. The number of hydrogen-bond donors (Lipinski definition) is 1. The molecule has 0 bridgehead atoms. The molecule has 2 aromatic rings. The van der Waals surface area contributed by atoms with Gasteiger partial charge in [0.05, 0.1) is 12.3 Å². The quantitative estimate of drug-likeness (QED) is 0.864. The summed E-state index contributed by atoms with van der Waals surface area (Å²) in [5, 5.41) is 12.8. The van der Waals surface area contributed by atoms with Crippen LogP contribution in [-0.2, 0) is 6.54 Å². The Morgan fingerprint density at radius 3 is 2.83 bits per heavy atom. The molecule has 3 rings (SSSR count). The summed E-state index contributed by atoms with van der Waals surface area (Å²) < 4.78 is 5.49. The molecule has 1 aromatic heterocycles. The highest BCUT2D eigenvalue weighted by molar-refractivity contribution is 7.13. The lowest BCUT2D eigenvalue weighted by Gasteiger charge is -2.39. The largest absolute Gasteiger partial charge is 0.494 e. The van der Waals surface area contributed by atoms with Crippen molar-refractivity contribution in [1.29, 1.82) is 0 Å². The van der Waals surface area contributed by atoms with Crippen LogP contribution in [0.1, 0.15) is 32.4 Å². The molecule has 1 aliphatic rings. The van der Waals surface area contributed by atoms with E-state index in [0.717, 1.165) is 54.5 Å². The van der Waals surface area contributed by atoms with Gasteiger partial charge in [-0.15, -0.1) is 11.3 Å². The minimum absolute atomic E-state index is 0.0339. The molecular formula is C19H26N2O2S. The monoisotopic (exact) mass is 346 g/mol. The van der Waals surface area contributed by atoms with E-state index in [0.29, 0.717) is 6.61 Å². The smallest absolute Gasteiger partial charge is 0.123 e. The zero-order valence-corrected chi connectivity index (χ0v) is 15.3. The Morgan fingerprint density at radius 2 is 2.12 bits per heavy atom. The lowest BCUT2D eigenvalue weighted by molar-refractivity contribution is 0.0424. The molecule has 4 nitrogen and oxygen atoms in total. The van der Waals surface area contributed by atoms with Gasteiger partial charge in [-0.1, -0.05) is 6.92 Å². The second-order valence-corrected chi connectivity index (χ2v) is 7.74. The Morgan fingerprint density at radius 1 is 1.33 bits per heavy atom. The number of nitrogens with zero attached hydrogens (tertiary/aromatic N) is 2. The molecule has 0 saturated carbocycles. The van der Waals surface area contributed by atoms with Gasteiger partial charge >= 0.3 is 0 Å². The van der Waals surface area contributed by atoms with Gasteiger partial charge in [0.1, 0.15) is 10.8 Å². The Bertz CT molecular complexity index is 656. The molecule has 0 amide bonds. The van der Waals surface area contributed by atoms with Gasteiger partial charge in [0.25, 0.3) is 0 Å². The van der Waals surface area contributed by atoms with Crippen LogP contribution in [0.2, 0.25) is 0 Å². The number of hydrogen-bond acceptors (Lipinski definition) is 5. The number of rotatable bonds is 6. The fourth-order valence-electron chi connectivity index (χ4n) is 3.29. The molecule has 2 heterocycles. The van der Waals surface area contributed by atoms with E-state index < -0.39 is 0 Å². The predicted octanol–water partition coefficient (Wildman–Crippen LogP) is 3.80. The fourth-order valence-corrected chi connectivity index (χ4v) is 4.11. The van der Waals surface area contributed by atoms with Crippen LogP contribution in [0.25, 0.3) is 10.6 Å². The summed E-state index contributed by atoms with van der Waals surface area (Å²) in [7, 11) is 0. The van der Waals surface area contributed by atoms with Gasteiger partial charge in [0, 0.05) is 36.1 Å². The van der Waals surface area contributed by atoms with E-state index in [4.69, 9.17) is 9.72 Å². The SMILES string of the molecule is CCOc1ccc(-c2nc(CN3CCCC(C)(CO)C3)cs2)cc1. The van der Waals surface area contributed by atoms with Crippen LogP contribution in [0.5, 0.6) is 5.75 Å². The summed E-state index contributed by atoms with van der Waals surface area (Å²) in [6.07, 6.45) is 2.25. The zero-order chi connectivity index (χ0) is 17.0. The molecule has 1 aromatic carbocycles. The molecule has 0 spiro atoms. The molecule has 1 saturated heterocycles.